The van der Waals surface area contributed by atoms with Crippen molar-refractivity contribution in [2.45, 2.75) is 213 Å². The monoisotopic (exact) mass is 675 g/mol. The van der Waals surface area contributed by atoms with Crippen LogP contribution in [0.15, 0.2) is 36.5 Å². The second kappa shape index (κ2) is 39.6. The van der Waals surface area contributed by atoms with Gasteiger partial charge in [0.2, 0.25) is 0 Å². The first-order chi connectivity index (χ1) is 23.6. The number of aliphatic hydroxyl groups is 1. The molecular formula is C43H78O5. The summed E-state index contributed by atoms with van der Waals surface area (Å²) in [7, 11) is 0. The van der Waals surface area contributed by atoms with Gasteiger partial charge in [-0.15, -0.1) is 0 Å². The average Bonchev–Trinajstić information content (AvgIpc) is 3.09. The average molecular weight is 675 g/mol. The summed E-state index contributed by atoms with van der Waals surface area (Å²) in [5.74, 6) is -0.645. The Morgan fingerprint density at radius 2 is 0.854 bits per heavy atom. The number of esters is 2. The Labute approximate surface area is 297 Å². The predicted molar refractivity (Wildman–Crippen MR) is 205 cm³/mol. The van der Waals surface area contributed by atoms with Crippen LogP contribution in [0, 0.1) is 0 Å². The van der Waals surface area contributed by atoms with Crippen molar-refractivity contribution >= 4 is 11.9 Å². The first-order valence-electron chi connectivity index (χ1n) is 20.5. The lowest BCUT2D eigenvalue weighted by atomic mass is 10.0. The standard InChI is InChI=1S/C43H78O5/c1-3-5-7-9-11-13-15-17-19-21-23-25-27-29-31-33-35-37-42(45)47-40-41(39-44)48-43(46)38-36-34-32-30-28-26-24-22-20-18-16-14-12-10-8-6-4-2/h18,20,24,26,30,32,41,44H,3-17,19,21-23,25,27-29,31,33-40H2,1-2H3/t41-/m0/s1. The normalized spacial score (nSPS) is 12.5. The molecule has 1 atom stereocenters. The second-order valence-electron chi connectivity index (χ2n) is 13.7. The number of unbranched alkanes of at least 4 members (excludes halogenated alkanes) is 23. The minimum atomic E-state index is -0.794. The van der Waals surface area contributed by atoms with Crippen LogP contribution < -0.4 is 0 Å². The minimum Gasteiger partial charge on any atom is -0.462 e. The second-order valence-corrected chi connectivity index (χ2v) is 13.7. The van der Waals surface area contributed by atoms with Crippen LogP contribution in [0.2, 0.25) is 0 Å². The molecule has 0 amide bonds. The molecule has 0 spiro atoms. The number of hydrogen-bond acceptors (Lipinski definition) is 5. The van der Waals surface area contributed by atoms with E-state index >= 15 is 0 Å². The van der Waals surface area contributed by atoms with Crippen molar-refractivity contribution in [1.82, 2.24) is 0 Å². The van der Waals surface area contributed by atoms with Crippen LogP contribution in [0.5, 0.6) is 0 Å². The number of aliphatic hydroxyl groups excluding tert-OH is 1. The summed E-state index contributed by atoms with van der Waals surface area (Å²) < 4.78 is 10.6. The van der Waals surface area contributed by atoms with Crippen LogP contribution in [0.1, 0.15) is 206 Å². The highest BCUT2D eigenvalue weighted by atomic mass is 16.6. The van der Waals surface area contributed by atoms with E-state index in [0.717, 1.165) is 38.5 Å². The van der Waals surface area contributed by atoms with Gasteiger partial charge in [0, 0.05) is 12.8 Å². The van der Waals surface area contributed by atoms with Crippen molar-refractivity contribution in [1.29, 1.82) is 0 Å². The molecule has 0 radical (unpaired) electrons. The van der Waals surface area contributed by atoms with E-state index < -0.39 is 6.10 Å². The third-order valence-electron chi connectivity index (χ3n) is 8.94. The Morgan fingerprint density at radius 1 is 0.479 bits per heavy atom. The summed E-state index contributed by atoms with van der Waals surface area (Å²) in [6, 6.07) is 0. The molecule has 0 bridgehead atoms. The lowest BCUT2D eigenvalue weighted by Gasteiger charge is -2.15. The summed E-state index contributed by atoms with van der Waals surface area (Å²) in [5.41, 5.74) is 0. The molecule has 0 unspecified atom stereocenters. The van der Waals surface area contributed by atoms with E-state index in [1.807, 2.05) is 0 Å². The summed E-state index contributed by atoms with van der Waals surface area (Å²) in [6.45, 7) is 4.10. The van der Waals surface area contributed by atoms with E-state index in [-0.39, 0.29) is 31.6 Å². The number of carbonyl (C=O) groups excluding carboxylic acids is 2. The number of carbonyl (C=O) groups is 2. The quantitative estimate of drug-likeness (QED) is 0.0403. The van der Waals surface area contributed by atoms with Crippen molar-refractivity contribution in [3.05, 3.63) is 36.5 Å². The molecule has 0 aromatic carbocycles. The number of hydrogen-bond donors (Lipinski definition) is 1. The Kier molecular flexibility index (Phi) is 38.0. The molecule has 0 fully saturated rings. The smallest absolute Gasteiger partial charge is 0.306 e. The summed E-state index contributed by atoms with van der Waals surface area (Å²) in [6.07, 6.45) is 47.8. The largest absolute Gasteiger partial charge is 0.462 e. The molecule has 280 valence electrons. The Morgan fingerprint density at radius 3 is 1.31 bits per heavy atom. The Balaban J connectivity index is 3.60. The van der Waals surface area contributed by atoms with Gasteiger partial charge in [-0.2, -0.15) is 0 Å². The SMILES string of the molecule is CCCCCCCCC=CCC=CCC=CCCCC(=O)O[C@@H](CO)COC(=O)CCCCCCCCCCCCCCCCCCC. The highest BCUT2D eigenvalue weighted by molar-refractivity contribution is 5.70. The van der Waals surface area contributed by atoms with Crippen molar-refractivity contribution in [2.24, 2.45) is 0 Å². The molecular weight excluding hydrogens is 596 g/mol. The van der Waals surface area contributed by atoms with Gasteiger partial charge in [-0.05, 0) is 44.9 Å². The van der Waals surface area contributed by atoms with Crippen LogP contribution >= 0.6 is 0 Å². The Hall–Kier alpha value is -1.88. The van der Waals surface area contributed by atoms with E-state index in [0.29, 0.717) is 12.8 Å². The van der Waals surface area contributed by atoms with Crippen LogP contribution in [0.4, 0.5) is 0 Å². The van der Waals surface area contributed by atoms with Gasteiger partial charge < -0.3 is 14.6 Å². The van der Waals surface area contributed by atoms with Gasteiger partial charge in [-0.1, -0.05) is 185 Å². The lowest BCUT2D eigenvalue weighted by Crippen LogP contribution is -2.28. The molecule has 0 aromatic heterocycles. The maximum absolute atomic E-state index is 12.1. The van der Waals surface area contributed by atoms with E-state index in [9.17, 15) is 14.7 Å². The molecule has 5 nitrogen and oxygen atoms in total. The topological polar surface area (TPSA) is 72.8 Å². The number of allylic oxidation sites excluding steroid dienone is 6. The maximum Gasteiger partial charge on any atom is 0.306 e. The summed E-state index contributed by atoms with van der Waals surface area (Å²) in [5, 5.41) is 9.55. The van der Waals surface area contributed by atoms with Gasteiger partial charge in [0.25, 0.3) is 0 Å². The van der Waals surface area contributed by atoms with Gasteiger partial charge in [0.05, 0.1) is 6.61 Å². The fourth-order valence-electron chi connectivity index (χ4n) is 5.81. The van der Waals surface area contributed by atoms with E-state index in [2.05, 4.69) is 50.3 Å². The van der Waals surface area contributed by atoms with E-state index in [4.69, 9.17) is 9.47 Å². The molecule has 0 aliphatic carbocycles. The van der Waals surface area contributed by atoms with Gasteiger partial charge in [0.15, 0.2) is 6.10 Å². The van der Waals surface area contributed by atoms with Gasteiger partial charge >= 0.3 is 11.9 Å². The first-order valence-corrected chi connectivity index (χ1v) is 20.5. The molecule has 0 heterocycles. The maximum atomic E-state index is 12.1. The summed E-state index contributed by atoms with van der Waals surface area (Å²) >= 11 is 0. The van der Waals surface area contributed by atoms with Crippen molar-refractivity contribution in [2.75, 3.05) is 13.2 Å². The number of rotatable bonds is 37. The zero-order valence-corrected chi connectivity index (χ0v) is 31.7. The molecule has 0 aromatic rings. The van der Waals surface area contributed by atoms with Crippen LogP contribution in [-0.4, -0.2) is 36.4 Å². The zero-order chi connectivity index (χ0) is 35.0. The molecule has 0 saturated carbocycles. The first kappa shape index (κ1) is 46.1. The van der Waals surface area contributed by atoms with Crippen molar-refractivity contribution < 1.29 is 24.2 Å². The fraction of sp³-hybridized carbons (Fsp3) is 0.814. The van der Waals surface area contributed by atoms with E-state index in [1.165, 1.54) is 135 Å². The fourth-order valence-corrected chi connectivity index (χ4v) is 5.81. The van der Waals surface area contributed by atoms with Gasteiger partial charge in [0.1, 0.15) is 6.61 Å². The molecule has 5 heteroatoms. The highest BCUT2D eigenvalue weighted by Gasteiger charge is 2.16. The van der Waals surface area contributed by atoms with Crippen molar-refractivity contribution in [3.8, 4) is 0 Å². The molecule has 0 aliphatic heterocycles. The van der Waals surface area contributed by atoms with Gasteiger partial charge in [-0.3, -0.25) is 9.59 Å². The highest BCUT2D eigenvalue weighted by Crippen LogP contribution is 2.15. The molecule has 0 saturated heterocycles. The molecule has 1 N–H and O–H groups in total. The summed E-state index contributed by atoms with van der Waals surface area (Å²) in [4.78, 5) is 24.2. The number of ether oxygens (including phenoxy) is 2. The van der Waals surface area contributed by atoms with Crippen LogP contribution in [0.3, 0.4) is 0 Å². The third-order valence-corrected chi connectivity index (χ3v) is 8.94. The molecule has 48 heavy (non-hydrogen) atoms. The van der Waals surface area contributed by atoms with Crippen molar-refractivity contribution in [3.63, 3.8) is 0 Å². The molecule has 0 aliphatic rings. The molecule has 0 rings (SSSR count). The lowest BCUT2D eigenvalue weighted by molar-refractivity contribution is -0.161. The zero-order valence-electron chi connectivity index (χ0n) is 31.7. The van der Waals surface area contributed by atoms with E-state index in [1.54, 1.807) is 0 Å². The Bertz CT molecular complexity index is 771. The van der Waals surface area contributed by atoms with Gasteiger partial charge in [-0.25, -0.2) is 0 Å². The van der Waals surface area contributed by atoms with Crippen LogP contribution in [-0.2, 0) is 19.1 Å². The third kappa shape index (κ3) is 36.9. The van der Waals surface area contributed by atoms with Crippen LogP contribution in [0.25, 0.3) is 0 Å². The predicted octanol–water partition coefficient (Wildman–Crippen LogP) is 12.8. The minimum absolute atomic E-state index is 0.0828.